The van der Waals surface area contributed by atoms with Gasteiger partial charge >= 0.3 is 6.18 Å². The van der Waals surface area contributed by atoms with Gasteiger partial charge in [-0.05, 0) is 37.5 Å². The van der Waals surface area contributed by atoms with E-state index in [0.717, 1.165) is 23.3 Å². The Hall–Kier alpha value is -1.27. The van der Waals surface area contributed by atoms with E-state index in [0.29, 0.717) is 6.42 Å². The van der Waals surface area contributed by atoms with E-state index < -0.39 is 12.8 Å². The molecule has 1 aliphatic heterocycles. The van der Waals surface area contributed by atoms with E-state index in [2.05, 4.69) is 4.74 Å². The van der Waals surface area contributed by atoms with Crippen molar-refractivity contribution in [3.8, 4) is 5.75 Å². The molecule has 0 amide bonds. The summed E-state index contributed by atoms with van der Waals surface area (Å²) in [6.45, 7) is 2.78. The fraction of sp³-hybridized carbons (Fsp3) is 0.600. The lowest BCUT2D eigenvalue weighted by atomic mass is 9.97. The largest absolute Gasteiger partial charge is 0.487 e. The molecule has 0 aromatic heterocycles. The maximum absolute atomic E-state index is 12.0. The summed E-state index contributed by atoms with van der Waals surface area (Å²) in [5.41, 5.74) is 7.76. The molecular weight excluding hydrogens is 283 g/mol. The molecule has 6 heteroatoms. The Bertz CT molecular complexity index is 500. The lowest BCUT2D eigenvalue weighted by molar-refractivity contribution is -0.174. The van der Waals surface area contributed by atoms with Gasteiger partial charge in [-0.2, -0.15) is 13.2 Å². The molecule has 2 rings (SSSR count). The van der Waals surface area contributed by atoms with Crippen LogP contribution >= 0.6 is 0 Å². The maximum atomic E-state index is 12.0. The second-order valence-corrected chi connectivity index (χ2v) is 5.97. The minimum atomic E-state index is -4.29. The SMILES string of the molecule is CC1(C)Cc2cc(C(N)CCOCC(F)(F)F)ccc2O1. The summed E-state index contributed by atoms with van der Waals surface area (Å²) in [4.78, 5) is 0. The van der Waals surface area contributed by atoms with Crippen LogP contribution in [0.25, 0.3) is 0 Å². The van der Waals surface area contributed by atoms with E-state index in [1.807, 2.05) is 32.0 Å². The molecule has 118 valence electrons. The van der Waals surface area contributed by atoms with Gasteiger partial charge in [-0.15, -0.1) is 0 Å². The van der Waals surface area contributed by atoms with Gasteiger partial charge in [-0.1, -0.05) is 12.1 Å². The van der Waals surface area contributed by atoms with Crippen molar-refractivity contribution in [2.45, 2.75) is 44.5 Å². The number of benzene rings is 1. The van der Waals surface area contributed by atoms with E-state index >= 15 is 0 Å². The van der Waals surface area contributed by atoms with Crippen molar-refractivity contribution in [2.75, 3.05) is 13.2 Å². The van der Waals surface area contributed by atoms with Gasteiger partial charge in [0.1, 0.15) is 18.0 Å². The van der Waals surface area contributed by atoms with E-state index in [9.17, 15) is 13.2 Å². The van der Waals surface area contributed by atoms with Crippen LogP contribution in [-0.4, -0.2) is 25.0 Å². The third-order valence-electron chi connectivity index (χ3n) is 3.35. The molecule has 1 atom stereocenters. The molecular formula is C15H20F3NO2. The average Bonchev–Trinajstić information content (AvgIpc) is 2.65. The topological polar surface area (TPSA) is 44.5 Å². The molecule has 0 fully saturated rings. The van der Waals surface area contributed by atoms with Crippen LogP contribution in [0.5, 0.6) is 5.75 Å². The first-order valence-electron chi connectivity index (χ1n) is 6.88. The third kappa shape index (κ3) is 4.61. The highest BCUT2D eigenvalue weighted by atomic mass is 19.4. The molecule has 1 aromatic rings. The molecule has 21 heavy (non-hydrogen) atoms. The molecule has 0 spiro atoms. The van der Waals surface area contributed by atoms with Crippen molar-refractivity contribution in [3.63, 3.8) is 0 Å². The molecule has 1 heterocycles. The van der Waals surface area contributed by atoms with Crippen LogP contribution in [-0.2, 0) is 11.2 Å². The molecule has 0 saturated carbocycles. The average molecular weight is 303 g/mol. The van der Waals surface area contributed by atoms with Gasteiger partial charge in [0, 0.05) is 19.1 Å². The molecule has 2 N–H and O–H groups in total. The van der Waals surface area contributed by atoms with Crippen molar-refractivity contribution in [3.05, 3.63) is 29.3 Å². The first kappa shape index (κ1) is 16.1. The summed E-state index contributed by atoms with van der Waals surface area (Å²) in [5.74, 6) is 0.851. The Morgan fingerprint density at radius 1 is 1.38 bits per heavy atom. The van der Waals surface area contributed by atoms with Crippen LogP contribution < -0.4 is 10.5 Å². The zero-order valence-electron chi connectivity index (χ0n) is 12.2. The number of alkyl halides is 3. The molecule has 0 aliphatic carbocycles. The first-order chi connectivity index (χ1) is 9.66. The van der Waals surface area contributed by atoms with Gasteiger partial charge < -0.3 is 15.2 Å². The molecule has 1 unspecified atom stereocenters. The van der Waals surface area contributed by atoms with Crippen molar-refractivity contribution < 1.29 is 22.6 Å². The van der Waals surface area contributed by atoms with Crippen LogP contribution in [0.2, 0.25) is 0 Å². The monoisotopic (exact) mass is 303 g/mol. The van der Waals surface area contributed by atoms with E-state index in [4.69, 9.17) is 10.5 Å². The van der Waals surface area contributed by atoms with Crippen LogP contribution in [0.3, 0.4) is 0 Å². The number of rotatable bonds is 5. The quantitative estimate of drug-likeness (QED) is 0.848. The molecule has 3 nitrogen and oxygen atoms in total. The molecule has 1 aliphatic rings. The summed E-state index contributed by atoms with van der Waals surface area (Å²) in [6.07, 6.45) is -3.15. The Balaban J connectivity index is 1.88. The predicted octanol–water partition coefficient (Wildman–Crippen LogP) is 3.37. The standard InChI is InChI=1S/C15H20F3NO2/c1-14(2)8-11-7-10(3-4-13(11)21-14)12(19)5-6-20-9-15(16,17)18/h3-4,7,12H,5-6,8-9,19H2,1-2H3. The number of halogens is 3. The summed E-state index contributed by atoms with van der Waals surface area (Å²) in [6, 6.07) is 5.36. The van der Waals surface area contributed by atoms with Crippen molar-refractivity contribution >= 4 is 0 Å². The second-order valence-electron chi connectivity index (χ2n) is 5.97. The zero-order chi connectivity index (χ0) is 15.7. The summed E-state index contributed by atoms with van der Waals surface area (Å²) in [7, 11) is 0. The highest BCUT2D eigenvalue weighted by Crippen LogP contribution is 2.36. The second kappa shape index (κ2) is 5.85. The van der Waals surface area contributed by atoms with Gasteiger partial charge in [-0.25, -0.2) is 0 Å². The molecule has 1 aromatic carbocycles. The highest BCUT2D eigenvalue weighted by Gasteiger charge is 2.30. The van der Waals surface area contributed by atoms with E-state index in [-0.39, 0.29) is 18.2 Å². The number of fused-ring (bicyclic) bond motifs is 1. The summed E-state index contributed by atoms with van der Waals surface area (Å²) in [5, 5.41) is 0. The molecule has 0 saturated heterocycles. The van der Waals surface area contributed by atoms with Gasteiger partial charge in [0.15, 0.2) is 0 Å². The Kier molecular flexibility index (Phi) is 4.49. The number of hydrogen-bond donors (Lipinski definition) is 1. The van der Waals surface area contributed by atoms with Crippen molar-refractivity contribution in [2.24, 2.45) is 5.73 Å². The summed E-state index contributed by atoms with van der Waals surface area (Å²) < 4.78 is 46.2. The van der Waals surface area contributed by atoms with Gasteiger partial charge in [0.25, 0.3) is 0 Å². The van der Waals surface area contributed by atoms with Crippen LogP contribution in [0.1, 0.15) is 37.4 Å². The molecule has 0 radical (unpaired) electrons. The van der Waals surface area contributed by atoms with E-state index in [1.54, 1.807) is 0 Å². The van der Waals surface area contributed by atoms with Crippen molar-refractivity contribution in [1.82, 2.24) is 0 Å². The predicted molar refractivity (Wildman–Crippen MR) is 73.3 cm³/mol. The zero-order valence-corrected chi connectivity index (χ0v) is 12.2. The van der Waals surface area contributed by atoms with Crippen LogP contribution in [0.15, 0.2) is 18.2 Å². The Morgan fingerprint density at radius 2 is 2.10 bits per heavy atom. The van der Waals surface area contributed by atoms with Gasteiger partial charge in [0.2, 0.25) is 0 Å². The highest BCUT2D eigenvalue weighted by molar-refractivity contribution is 5.42. The lowest BCUT2D eigenvalue weighted by Crippen LogP contribution is -2.24. The third-order valence-corrected chi connectivity index (χ3v) is 3.35. The van der Waals surface area contributed by atoms with Gasteiger partial charge in [-0.3, -0.25) is 0 Å². The van der Waals surface area contributed by atoms with Crippen LogP contribution in [0.4, 0.5) is 13.2 Å². The molecule has 0 bridgehead atoms. The first-order valence-corrected chi connectivity index (χ1v) is 6.88. The van der Waals surface area contributed by atoms with Crippen molar-refractivity contribution in [1.29, 1.82) is 0 Å². The Morgan fingerprint density at radius 3 is 2.76 bits per heavy atom. The number of hydrogen-bond acceptors (Lipinski definition) is 3. The fourth-order valence-corrected chi connectivity index (χ4v) is 2.42. The lowest BCUT2D eigenvalue weighted by Gasteiger charge is -2.16. The van der Waals surface area contributed by atoms with E-state index in [1.165, 1.54) is 0 Å². The normalized spacial score (nSPS) is 18.2. The minimum Gasteiger partial charge on any atom is -0.487 e. The maximum Gasteiger partial charge on any atom is 0.411 e. The number of ether oxygens (including phenoxy) is 2. The Labute approximate surface area is 122 Å². The van der Waals surface area contributed by atoms with Gasteiger partial charge in [0.05, 0.1) is 0 Å². The fourth-order valence-electron chi connectivity index (χ4n) is 2.42. The number of nitrogens with two attached hydrogens (primary N) is 1. The van der Waals surface area contributed by atoms with Crippen LogP contribution in [0, 0.1) is 0 Å². The summed E-state index contributed by atoms with van der Waals surface area (Å²) >= 11 is 0. The smallest absolute Gasteiger partial charge is 0.411 e. The minimum absolute atomic E-state index is 0.0141.